The third kappa shape index (κ3) is 4.25. The molecule has 0 aliphatic heterocycles. The largest absolute Gasteiger partial charge is 0.385 e. The fourth-order valence-electron chi connectivity index (χ4n) is 1.40. The highest BCUT2D eigenvalue weighted by Crippen LogP contribution is 2.04. The number of ether oxygens (including phenoxy) is 1. The first-order valence-corrected chi connectivity index (χ1v) is 5.47. The summed E-state index contributed by atoms with van der Waals surface area (Å²) in [6, 6.07) is 8.71. The van der Waals surface area contributed by atoms with Crippen LogP contribution >= 0.6 is 0 Å². The summed E-state index contributed by atoms with van der Waals surface area (Å²) < 4.78 is 4.94. The molecule has 0 radical (unpaired) electrons. The molecule has 0 saturated heterocycles. The van der Waals surface area contributed by atoms with Crippen molar-refractivity contribution in [2.24, 2.45) is 0 Å². The number of amides is 1. The maximum atomic E-state index is 11.8. The van der Waals surface area contributed by atoms with Crippen molar-refractivity contribution < 1.29 is 9.53 Å². The zero-order valence-corrected chi connectivity index (χ0v) is 10.1. The lowest BCUT2D eigenvalue weighted by molar-refractivity contribution is 0.0929. The van der Waals surface area contributed by atoms with Gasteiger partial charge in [-0.25, -0.2) is 0 Å². The predicted octanol–water partition coefficient (Wildman–Crippen LogP) is 1.71. The van der Waals surface area contributed by atoms with Crippen LogP contribution in [0.25, 0.3) is 0 Å². The number of nitriles is 1. The van der Waals surface area contributed by atoms with Crippen LogP contribution in [0.5, 0.6) is 0 Å². The Morgan fingerprint density at radius 2 is 2.35 bits per heavy atom. The molecule has 0 aliphatic rings. The maximum Gasteiger partial charge on any atom is 0.251 e. The number of carbonyl (C=O) groups excluding carboxylic acids is 1. The minimum Gasteiger partial charge on any atom is -0.385 e. The van der Waals surface area contributed by atoms with E-state index in [-0.39, 0.29) is 11.9 Å². The van der Waals surface area contributed by atoms with Crippen LogP contribution in [0.15, 0.2) is 24.3 Å². The number of nitrogens with zero attached hydrogens (tertiary/aromatic N) is 1. The second-order valence-electron chi connectivity index (χ2n) is 3.85. The second kappa shape index (κ2) is 6.66. The molecule has 0 saturated carbocycles. The van der Waals surface area contributed by atoms with Crippen LogP contribution in [0.1, 0.15) is 29.3 Å². The van der Waals surface area contributed by atoms with E-state index in [1.807, 2.05) is 13.0 Å². The quantitative estimate of drug-likeness (QED) is 0.840. The summed E-state index contributed by atoms with van der Waals surface area (Å²) in [5.41, 5.74) is 0.996. The zero-order valence-electron chi connectivity index (χ0n) is 10.1. The van der Waals surface area contributed by atoms with E-state index in [9.17, 15) is 4.79 Å². The van der Waals surface area contributed by atoms with Gasteiger partial charge in [-0.2, -0.15) is 5.26 Å². The highest BCUT2D eigenvalue weighted by atomic mass is 16.5. The van der Waals surface area contributed by atoms with Gasteiger partial charge in [-0.05, 0) is 31.5 Å². The molecule has 1 atom stereocenters. The van der Waals surface area contributed by atoms with Crippen molar-refractivity contribution in [3.05, 3.63) is 35.4 Å². The van der Waals surface area contributed by atoms with E-state index in [0.717, 1.165) is 6.42 Å². The van der Waals surface area contributed by atoms with Crippen molar-refractivity contribution in [3.8, 4) is 6.07 Å². The van der Waals surface area contributed by atoms with E-state index in [0.29, 0.717) is 17.7 Å². The summed E-state index contributed by atoms with van der Waals surface area (Å²) in [5, 5.41) is 11.6. The SMILES string of the molecule is COCCC(C)NC(=O)c1cccc(C#N)c1. The fraction of sp³-hybridized carbons (Fsp3) is 0.385. The van der Waals surface area contributed by atoms with Crippen LogP contribution in [0.2, 0.25) is 0 Å². The number of rotatable bonds is 5. The molecule has 4 nitrogen and oxygen atoms in total. The third-order valence-electron chi connectivity index (χ3n) is 2.39. The van der Waals surface area contributed by atoms with Gasteiger partial charge in [0.05, 0.1) is 11.6 Å². The molecule has 0 aliphatic carbocycles. The van der Waals surface area contributed by atoms with E-state index in [1.54, 1.807) is 31.4 Å². The summed E-state index contributed by atoms with van der Waals surface area (Å²) in [7, 11) is 1.63. The molecule has 1 unspecified atom stereocenters. The highest BCUT2D eigenvalue weighted by Gasteiger charge is 2.09. The zero-order chi connectivity index (χ0) is 12.7. The minimum atomic E-state index is -0.161. The predicted molar refractivity (Wildman–Crippen MR) is 64.6 cm³/mol. The molecule has 4 heteroatoms. The van der Waals surface area contributed by atoms with E-state index in [1.165, 1.54) is 0 Å². The van der Waals surface area contributed by atoms with Crippen molar-refractivity contribution >= 4 is 5.91 Å². The molecule has 90 valence electrons. The Morgan fingerprint density at radius 3 is 3.00 bits per heavy atom. The summed E-state index contributed by atoms with van der Waals surface area (Å²) in [6.45, 7) is 2.53. The Bertz CT molecular complexity index is 424. The molecule has 1 aromatic carbocycles. The smallest absolute Gasteiger partial charge is 0.251 e. The summed E-state index contributed by atoms with van der Waals surface area (Å²) in [5.74, 6) is -0.161. The first-order chi connectivity index (χ1) is 8.17. The third-order valence-corrected chi connectivity index (χ3v) is 2.39. The van der Waals surface area contributed by atoms with Gasteiger partial charge in [0.1, 0.15) is 0 Å². The van der Waals surface area contributed by atoms with Crippen LogP contribution in [-0.2, 0) is 4.74 Å². The first kappa shape index (κ1) is 13.2. The lowest BCUT2D eigenvalue weighted by Crippen LogP contribution is -2.33. The molecule has 1 amide bonds. The first-order valence-electron chi connectivity index (χ1n) is 5.47. The molecule has 0 bridgehead atoms. The van der Waals surface area contributed by atoms with Gasteiger partial charge in [-0.3, -0.25) is 4.79 Å². The molecule has 1 aromatic rings. The molecular weight excluding hydrogens is 216 g/mol. The lowest BCUT2D eigenvalue weighted by Gasteiger charge is -2.13. The van der Waals surface area contributed by atoms with Crippen molar-refractivity contribution in [2.45, 2.75) is 19.4 Å². The Balaban J connectivity index is 2.60. The number of carbonyl (C=O) groups is 1. The number of hydrogen-bond donors (Lipinski definition) is 1. The Labute approximate surface area is 101 Å². The average molecular weight is 232 g/mol. The molecule has 17 heavy (non-hydrogen) atoms. The van der Waals surface area contributed by atoms with Crippen LogP contribution in [0, 0.1) is 11.3 Å². The van der Waals surface area contributed by atoms with Gasteiger partial charge >= 0.3 is 0 Å². The van der Waals surface area contributed by atoms with Gasteiger partial charge in [-0.1, -0.05) is 6.07 Å². The standard InChI is InChI=1S/C13H16N2O2/c1-10(6-7-17-2)15-13(16)12-5-3-4-11(8-12)9-14/h3-5,8,10H,6-7H2,1-2H3,(H,15,16). The average Bonchev–Trinajstić information content (AvgIpc) is 2.36. The lowest BCUT2D eigenvalue weighted by atomic mass is 10.1. The normalized spacial score (nSPS) is 11.6. The van der Waals surface area contributed by atoms with Crippen molar-refractivity contribution in [3.63, 3.8) is 0 Å². The molecule has 0 fully saturated rings. The van der Waals surface area contributed by atoms with Crippen LogP contribution in [0.4, 0.5) is 0 Å². The Morgan fingerprint density at radius 1 is 1.59 bits per heavy atom. The second-order valence-corrected chi connectivity index (χ2v) is 3.85. The van der Waals surface area contributed by atoms with E-state index in [2.05, 4.69) is 5.32 Å². The van der Waals surface area contributed by atoms with Crippen LogP contribution in [0.3, 0.4) is 0 Å². The van der Waals surface area contributed by atoms with Gasteiger partial charge in [0.15, 0.2) is 0 Å². The molecule has 1 N–H and O–H groups in total. The summed E-state index contributed by atoms with van der Waals surface area (Å²) in [4.78, 5) is 11.8. The van der Waals surface area contributed by atoms with Crippen LogP contribution in [-0.4, -0.2) is 25.7 Å². The van der Waals surface area contributed by atoms with E-state index >= 15 is 0 Å². The van der Waals surface area contributed by atoms with Gasteiger partial charge in [0.2, 0.25) is 0 Å². The van der Waals surface area contributed by atoms with Crippen molar-refractivity contribution in [1.29, 1.82) is 5.26 Å². The van der Waals surface area contributed by atoms with Crippen LogP contribution < -0.4 is 5.32 Å². The van der Waals surface area contributed by atoms with E-state index < -0.39 is 0 Å². The monoisotopic (exact) mass is 232 g/mol. The molecular formula is C13H16N2O2. The highest BCUT2D eigenvalue weighted by molar-refractivity contribution is 5.94. The molecule has 1 rings (SSSR count). The van der Waals surface area contributed by atoms with Gasteiger partial charge in [0, 0.05) is 25.3 Å². The number of hydrogen-bond acceptors (Lipinski definition) is 3. The number of nitrogens with one attached hydrogen (secondary N) is 1. The van der Waals surface area contributed by atoms with Gasteiger partial charge in [-0.15, -0.1) is 0 Å². The molecule has 0 heterocycles. The Hall–Kier alpha value is -1.86. The minimum absolute atomic E-state index is 0.0493. The van der Waals surface area contributed by atoms with E-state index in [4.69, 9.17) is 10.00 Å². The fourth-order valence-corrected chi connectivity index (χ4v) is 1.40. The maximum absolute atomic E-state index is 11.8. The Kier molecular flexibility index (Phi) is 5.18. The topological polar surface area (TPSA) is 62.1 Å². The number of benzene rings is 1. The summed E-state index contributed by atoms with van der Waals surface area (Å²) >= 11 is 0. The van der Waals surface area contributed by atoms with Crippen molar-refractivity contribution in [1.82, 2.24) is 5.32 Å². The van der Waals surface area contributed by atoms with Gasteiger partial charge in [0.25, 0.3) is 5.91 Å². The summed E-state index contributed by atoms with van der Waals surface area (Å²) in [6.07, 6.45) is 0.764. The van der Waals surface area contributed by atoms with Crippen molar-refractivity contribution in [2.75, 3.05) is 13.7 Å². The molecule has 0 aromatic heterocycles. The number of methoxy groups -OCH3 is 1. The molecule has 0 spiro atoms. The van der Waals surface area contributed by atoms with Gasteiger partial charge < -0.3 is 10.1 Å².